The minimum atomic E-state index is 0.129. The van der Waals surface area contributed by atoms with E-state index < -0.39 is 0 Å². The maximum Gasteiger partial charge on any atom is 0.222 e. The lowest BCUT2D eigenvalue weighted by molar-refractivity contribution is -0.134. The Morgan fingerprint density at radius 3 is 2.51 bits per heavy atom. The number of carbonyl (C=O) groups is 1. The Labute approximate surface area is 227 Å². The molecule has 2 aromatic rings. The topological polar surface area (TPSA) is 48.5 Å². The number of halogens is 2. The predicted molar refractivity (Wildman–Crippen MR) is 150 cm³/mol. The summed E-state index contributed by atoms with van der Waals surface area (Å²) in [6.45, 7) is 11.6. The van der Waals surface area contributed by atoms with E-state index in [2.05, 4.69) is 72.1 Å². The summed E-state index contributed by atoms with van der Waals surface area (Å²) in [7, 11) is 0. The molecular weight excluding hydrogens is 568 g/mol. The van der Waals surface area contributed by atoms with Crippen LogP contribution >= 0.6 is 31.9 Å². The molecule has 1 atom stereocenters. The maximum atomic E-state index is 13.0. The first-order valence-corrected chi connectivity index (χ1v) is 14.7. The van der Waals surface area contributed by atoms with Crippen LogP contribution in [-0.4, -0.2) is 60.0 Å². The first kappa shape index (κ1) is 26.8. The van der Waals surface area contributed by atoms with Crippen LogP contribution in [0.15, 0.2) is 33.3 Å². The van der Waals surface area contributed by atoms with Crippen molar-refractivity contribution >= 4 is 37.8 Å². The fraction of sp³-hybridized carbons (Fsp3) is 0.571. The van der Waals surface area contributed by atoms with Crippen molar-refractivity contribution in [2.75, 3.05) is 39.3 Å². The van der Waals surface area contributed by atoms with Gasteiger partial charge in [-0.2, -0.15) is 0 Å². The van der Waals surface area contributed by atoms with Gasteiger partial charge in [0.05, 0.1) is 11.7 Å². The molecule has 35 heavy (non-hydrogen) atoms. The summed E-state index contributed by atoms with van der Waals surface area (Å²) in [6.07, 6.45) is 6.88. The number of nitrogens with zero attached hydrogens (tertiary/aromatic N) is 3. The molecule has 5 rings (SSSR count). The van der Waals surface area contributed by atoms with Crippen LogP contribution in [0.5, 0.6) is 0 Å². The lowest BCUT2D eigenvalue weighted by atomic mass is 9.93. The molecule has 1 amide bonds. The number of piperazine rings is 1. The van der Waals surface area contributed by atoms with Crippen molar-refractivity contribution in [3.05, 3.63) is 61.3 Å². The van der Waals surface area contributed by atoms with Crippen LogP contribution in [0.4, 0.5) is 0 Å². The third kappa shape index (κ3) is 6.00. The number of hydrogen-bond acceptors (Lipinski definition) is 4. The highest BCUT2D eigenvalue weighted by atomic mass is 79.9. The number of pyridine rings is 1. The van der Waals surface area contributed by atoms with Gasteiger partial charge >= 0.3 is 0 Å². The first-order chi connectivity index (χ1) is 17.0. The molecule has 1 aliphatic carbocycles. The average molecular weight is 606 g/mol. The van der Waals surface area contributed by atoms with Gasteiger partial charge in [-0.25, -0.2) is 0 Å². The molecule has 1 aromatic heterocycles. The number of aromatic nitrogens is 1. The van der Waals surface area contributed by atoms with E-state index in [9.17, 15) is 4.79 Å². The minimum Gasteiger partial charge on any atom is -0.340 e. The van der Waals surface area contributed by atoms with E-state index in [1.54, 1.807) is 0 Å². The van der Waals surface area contributed by atoms with E-state index in [1.807, 2.05) is 20.0 Å². The molecule has 7 heteroatoms. The van der Waals surface area contributed by atoms with Gasteiger partial charge in [-0.15, -0.1) is 0 Å². The van der Waals surface area contributed by atoms with Crippen LogP contribution in [0.3, 0.4) is 0 Å². The highest BCUT2D eigenvalue weighted by molar-refractivity contribution is 9.10. The molecule has 2 aliphatic heterocycles. The number of carbonyl (C=O) groups excluding carboxylic acids is 1. The Kier molecular flexibility index (Phi) is 9.41. The molecule has 0 spiro atoms. The zero-order valence-electron chi connectivity index (χ0n) is 21.2. The van der Waals surface area contributed by atoms with Gasteiger partial charge in [0.2, 0.25) is 5.91 Å². The Hall–Kier alpha value is -1.28. The summed E-state index contributed by atoms with van der Waals surface area (Å²) in [4.78, 5) is 22.5. The second kappa shape index (κ2) is 12.3. The van der Waals surface area contributed by atoms with Gasteiger partial charge < -0.3 is 10.2 Å². The van der Waals surface area contributed by atoms with E-state index in [0.29, 0.717) is 18.2 Å². The maximum absolute atomic E-state index is 13.0. The number of hydrogen-bond donors (Lipinski definition) is 1. The fourth-order valence-electron chi connectivity index (χ4n) is 5.67. The van der Waals surface area contributed by atoms with Gasteiger partial charge in [0.25, 0.3) is 0 Å². The van der Waals surface area contributed by atoms with Crippen LogP contribution in [0, 0.1) is 12.8 Å². The first-order valence-electron chi connectivity index (χ1n) is 13.2. The van der Waals surface area contributed by atoms with E-state index in [-0.39, 0.29) is 6.04 Å². The van der Waals surface area contributed by atoms with Crippen molar-refractivity contribution in [3.8, 4) is 0 Å². The Balaban J connectivity index is 0.00000141. The number of nitrogens with one attached hydrogen (secondary N) is 1. The molecule has 0 bridgehead atoms. The van der Waals surface area contributed by atoms with Gasteiger partial charge in [-0.05, 0) is 95.9 Å². The average Bonchev–Trinajstić information content (AvgIpc) is 3.05. The quantitative estimate of drug-likeness (QED) is 0.490. The molecule has 3 aliphatic rings. The Morgan fingerprint density at radius 2 is 1.80 bits per heavy atom. The Bertz CT molecular complexity index is 1030. The minimum absolute atomic E-state index is 0.129. The molecule has 1 N–H and O–H groups in total. The van der Waals surface area contributed by atoms with E-state index in [1.165, 1.54) is 32.4 Å². The summed E-state index contributed by atoms with van der Waals surface area (Å²) in [5.74, 6) is 0.879. The molecule has 0 radical (unpaired) electrons. The van der Waals surface area contributed by atoms with Crippen molar-refractivity contribution in [3.63, 3.8) is 0 Å². The monoisotopic (exact) mass is 604 g/mol. The zero-order chi connectivity index (χ0) is 24.9. The molecule has 1 aromatic carbocycles. The SMILES string of the molecule is CC.Cc1ccc2c(c1Br)CCc1cc(Br)cnc1C2N1CCN(C(=O)CC2CCNCC2)CC1. The van der Waals surface area contributed by atoms with Gasteiger partial charge in [0, 0.05) is 47.7 Å². The number of aryl methyl sites for hydroxylation is 2. The summed E-state index contributed by atoms with van der Waals surface area (Å²) >= 11 is 7.51. The second-order valence-corrected chi connectivity index (χ2v) is 11.4. The van der Waals surface area contributed by atoms with Crippen molar-refractivity contribution in [1.29, 1.82) is 0 Å². The third-order valence-corrected chi connectivity index (χ3v) is 9.13. The van der Waals surface area contributed by atoms with Gasteiger partial charge in [-0.1, -0.05) is 41.9 Å². The number of piperidine rings is 1. The van der Waals surface area contributed by atoms with Crippen LogP contribution in [-0.2, 0) is 17.6 Å². The summed E-state index contributed by atoms with van der Waals surface area (Å²) in [5.41, 5.74) is 6.52. The molecule has 5 nitrogen and oxygen atoms in total. The normalized spacial score (nSPS) is 20.8. The van der Waals surface area contributed by atoms with E-state index in [4.69, 9.17) is 4.98 Å². The molecule has 1 unspecified atom stereocenters. The van der Waals surface area contributed by atoms with Crippen LogP contribution in [0.25, 0.3) is 0 Å². The molecule has 2 saturated heterocycles. The number of amides is 1. The van der Waals surface area contributed by atoms with Crippen molar-refractivity contribution in [1.82, 2.24) is 20.1 Å². The van der Waals surface area contributed by atoms with Crippen LogP contribution < -0.4 is 5.32 Å². The molecule has 2 fully saturated rings. The van der Waals surface area contributed by atoms with Gasteiger partial charge in [0.15, 0.2) is 0 Å². The largest absolute Gasteiger partial charge is 0.340 e. The van der Waals surface area contributed by atoms with Crippen molar-refractivity contribution < 1.29 is 4.79 Å². The summed E-state index contributed by atoms with van der Waals surface area (Å²) < 4.78 is 2.27. The molecule has 0 saturated carbocycles. The standard InChI is InChI=1S/C26H32Br2N4O.C2H6/c1-17-2-4-22-21(24(17)28)5-3-19-15-20(27)16-30-25(19)26(22)32-12-10-31(11-13-32)23(33)14-18-6-8-29-9-7-18;1-2/h2,4,15-16,18,26,29H,3,5-14H2,1H3;1-2H3. The lowest BCUT2D eigenvalue weighted by Crippen LogP contribution is -2.50. The fourth-order valence-corrected chi connectivity index (χ4v) is 6.61. The van der Waals surface area contributed by atoms with Crippen LogP contribution in [0.1, 0.15) is 67.1 Å². The van der Waals surface area contributed by atoms with Crippen LogP contribution in [0.2, 0.25) is 0 Å². The highest BCUT2D eigenvalue weighted by Gasteiger charge is 2.34. The highest BCUT2D eigenvalue weighted by Crippen LogP contribution is 2.40. The van der Waals surface area contributed by atoms with Gasteiger partial charge in [0.1, 0.15) is 0 Å². The van der Waals surface area contributed by atoms with E-state index in [0.717, 1.165) is 69.4 Å². The lowest BCUT2D eigenvalue weighted by Gasteiger charge is -2.40. The second-order valence-electron chi connectivity index (χ2n) is 9.68. The number of benzene rings is 1. The summed E-state index contributed by atoms with van der Waals surface area (Å²) in [5, 5.41) is 3.40. The van der Waals surface area contributed by atoms with Gasteiger partial charge in [-0.3, -0.25) is 14.7 Å². The molecule has 190 valence electrons. The number of fused-ring (bicyclic) bond motifs is 2. The zero-order valence-corrected chi connectivity index (χ0v) is 24.4. The van der Waals surface area contributed by atoms with E-state index >= 15 is 0 Å². The molecular formula is C28H38Br2N4O. The van der Waals surface area contributed by atoms with Crippen molar-refractivity contribution in [2.45, 2.75) is 58.9 Å². The molecule has 3 heterocycles. The summed E-state index contributed by atoms with van der Waals surface area (Å²) in [6, 6.07) is 6.89. The Morgan fingerprint density at radius 1 is 1.09 bits per heavy atom. The third-order valence-electron chi connectivity index (χ3n) is 7.59. The van der Waals surface area contributed by atoms with Crippen molar-refractivity contribution in [2.24, 2.45) is 5.92 Å². The smallest absolute Gasteiger partial charge is 0.222 e. The number of rotatable bonds is 3. The predicted octanol–water partition coefficient (Wildman–Crippen LogP) is 5.66.